The SMILES string of the molecule is C[C@@H]1C2CC3C[C@H](P(c4ccc(F)cc4)c4ccc(F)cc4)C(C2)(S3)[C@@H]1[C@@H](C)P(C(C)(C)C)C(C)(C)C. The molecule has 0 N–H and O–H groups in total. The predicted molar refractivity (Wildman–Crippen MR) is 163 cm³/mol. The van der Waals surface area contributed by atoms with Crippen molar-refractivity contribution in [3.05, 3.63) is 60.2 Å². The van der Waals surface area contributed by atoms with Crippen LogP contribution in [-0.2, 0) is 0 Å². The molecule has 1 saturated carbocycles. The highest BCUT2D eigenvalue weighted by atomic mass is 32.2. The van der Waals surface area contributed by atoms with Gasteiger partial charge in [0.15, 0.2) is 0 Å². The van der Waals surface area contributed by atoms with Gasteiger partial charge in [-0.2, -0.15) is 11.8 Å². The Hall–Kier alpha value is -0.490. The third-order valence-corrected chi connectivity index (χ3v) is 18.4. The molecule has 2 heterocycles. The number of fused-ring (bicyclic) bond motifs is 2. The van der Waals surface area contributed by atoms with Gasteiger partial charge >= 0.3 is 0 Å². The van der Waals surface area contributed by atoms with Crippen LogP contribution >= 0.6 is 27.6 Å². The van der Waals surface area contributed by atoms with E-state index in [9.17, 15) is 8.78 Å². The van der Waals surface area contributed by atoms with Gasteiger partial charge in [-0.1, -0.05) is 87.6 Å². The Kier molecular flexibility index (Phi) is 7.47. The Bertz CT molecular complexity index is 1040. The second kappa shape index (κ2) is 9.85. The minimum Gasteiger partial charge on any atom is -0.207 e. The molecule has 37 heavy (non-hydrogen) atoms. The first-order valence-electron chi connectivity index (χ1n) is 14.0. The van der Waals surface area contributed by atoms with Gasteiger partial charge in [0.1, 0.15) is 11.6 Å². The maximum Gasteiger partial charge on any atom is 0.123 e. The first-order valence-corrected chi connectivity index (χ1v) is 17.7. The molecule has 3 aliphatic rings. The molecule has 0 radical (unpaired) electrons. The van der Waals surface area contributed by atoms with Gasteiger partial charge in [-0.25, -0.2) is 8.78 Å². The Balaban J connectivity index is 1.64. The highest BCUT2D eigenvalue weighted by Crippen LogP contribution is 2.76. The van der Waals surface area contributed by atoms with Crippen LogP contribution in [0, 0.1) is 29.4 Å². The second-order valence-electron chi connectivity index (χ2n) is 13.8. The zero-order valence-corrected chi connectivity index (χ0v) is 26.4. The molecule has 3 unspecified atom stereocenters. The molecule has 1 aliphatic carbocycles. The zero-order valence-electron chi connectivity index (χ0n) is 23.8. The van der Waals surface area contributed by atoms with E-state index in [0.717, 1.165) is 11.8 Å². The first-order chi connectivity index (χ1) is 17.2. The highest BCUT2D eigenvalue weighted by molar-refractivity contribution is 8.02. The third kappa shape index (κ3) is 4.98. The van der Waals surface area contributed by atoms with Crippen LogP contribution in [-0.4, -0.2) is 31.6 Å². The van der Waals surface area contributed by atoms with E-state index < -0.39 is 7.92 Å². The van der Waals surface area contributed by atoms with Crippen LogP contribution in [0.25, 0.3) is 0 Å². The van der Waals surface area contributed by atoms with E-state index in [0.29, 0.717) is 22.5 Å². The standard InChI is InChI=1S/C32H44F2P2S/c1-20-22-17-27-18-28(35(25-13-9-23(33)10-14-25)26-15-11-24(34)12-16-26)32(19-22,37-27)29(20)21(2)36(30(3,4)5)31(6,7)8/h9-16,20-22,27-29H,17-19H2,1-8H3/t20-,21-,22?,27?,28+,29+,32?/m1/s1. The lowest BCUT2D eigenvalue weighted by atomic mass is 9.80. The number of thioether (sulfide) groups is 1. The van der Waals surface area contributed by atoms with E-state index in [1.165, 1.54) is 29.9 Å². The summed E-state index contributed by atoms with van der Waals surface area (Å²) in [7, 11) is -0.974. The minimum atomic E-state index is -0.729. The molecule has 5 rings (SSSR count). The average Bonchev–Trinajstić information content (AvgIpc) is 3.15. The zero-order chi connectivity index (χ0) is 26.9. The molecule has 5 heteroatoms. The topological polar surface area (TPSA) is 0 Å². The van der Waals surface area contributed by atoms with Gasteiger partial charge in [0.2, 0.25) is 0 Å². The summed E-state index contributed by atoms with van der Waals surface area (Å²) >= 11 is 2.33. The van der Waals surface area contributed by atoms with Crippen molar-refractivity contribution in [1.82, 2.24) is 0 Å². The molecule has 3 bridgehead atoms. The van der Waals surface area contributed by atoms with Crippen LogP contribution in [0.15, 0.2) is 48.5 Å². The molecule has 2 saturated heterocycles. The molecule has 2 aromatic rings. The Morgan fingerprint density at radius 1 is 0.838 bits per heavy atom. The number of halogens is 2. The van der Waals surface area contributed by atoms with Gasteiger partial charge in [-0.05, 0) is 95.8 Å². The fourth-order valence-corrected chi connectivity index (χ4v) is 20.5. The summed E-state index contributed by atoms with van der Waals surface area (Å²) in [4.78, 5) is 0. The van der Waals surface area contributed by atoms with Crippen molar-refractivity contribution in [2.24, 2.45) is 17.8 Å². The number of hydrogen-bond donors (Lipinski definition) is 0. The van der Waals surface area contributed by atoms with E-state index in [1.54, 1.807) is 24.3 Å². The lowest BCUT2D eigenvalue weighted by molar-refractivity contribution is 0.294. The molecule has 2 aliphatic heterocycles. The van der Waals surface area contributed by atoms with Gasteiger partial charge in [-0.3, -0.25) is 0 Å². The second-order valence-corrected chi connectivity index (χ2v) is 22.1. The van der Waals surface area contributed by atoms with Crippen LogP contribution in [0.1, 0.15) is 74.7 Å². The molecule has 1 spiro atoms. The number of benzene rings is 2. The van der Waals surface area contributed by atoms with Crippen LogP contribution < -0.4 is 10.6 Å². The number of rotatable bonds is 5. The van der Waals surface area contributed by atoms with Gasteiger partial charge in [0.05, 0.1) is 0 Å². The third-order valence-electron chi connectivity index (χ3n) is 9.35. The summed E-state index contributed by atoms with van der Waals surface area (Å²) in [5.74, 6) is 1.84. The van der Waals surface area contributed by atoms with E-state index in [4.69, 9.17) is 0 Å². The normalized spacial score (nSPS) is 32.4. The average molecular weight is 561 g/mol. The lowest BCUT2D eigenvalue weighted by Crippen LogP contribution is -2.48. The van der Waals surface area contributed by atoms with Crippen LogP contribution in [0.4, 0.5) is 8.78 Å². The van der Waals surface area contributed by atoms with Crippen LogP contribution in [0.5, 0.6) is 0 Å². The molecule has 3 fully saturated rings. The molecular formula is C32H44F2P2S. The van der Waals surface area contributed by atoms with Gasteiger partial charge in [0.25, 0.3) is 0 Å². The maximum atomic E-state index is 14.0. The van der Waals surface area contributed by atoms with Crippen molar-refractivity contribution in [1.29, 1.82) is 0 Å². The Morgan fingerprint density at radius 2 is 1.32 bits per heavy atom. The largest absolute Gasteiger partial charge is 0.207 e. The molecular weight excluding hydrogens is 516 g/mol. The lowest BCUT2D eigenvalue weighted by Gasteiger charge is -2.52. The summed E-state index contributed by atoms with van der Waals surface area (Å²) in [6.07, 6.45) is 3.89. The summed E-state index contributed by atoms with van der Waals surface area (Å²) in [6.45, 7) is 20.0. The first kappa shape index (κ1) is 28.1. The summed E-state index contributed by atoms with van der Waals surface area (Å²) < 4.78 is 28.3. The van der Waals surface area contributed by atoms with Crippen molar-refractivity contribution >= 4 is 38.2 Å². The van der Waals surface area contributed by atoms with E-state index >= 15 is 0 Å². The fourth-order valence-electron chi connectivity index (χ4n) is 8.89. The molecule has 202 valence electrons. The van der Waals surface area contributed by atoms with Crippen molar-refractivity contribution in [2.45, 2.75) is 106 Å². The smallest absolute Gasteiger partial charge is 0.123 e. The molecule has 0 amide bonds. The van der Waals surface area contributed by atoms with E-state index in [1.807, 2.05) is 24.3 Å². The van der Waals surface area contributed by atoms with Crippen molar-refractivity contribution < 1.29 is 8.78 Å². The Morgan fingerprint density at radius 3 is 1.78 bits per heavy atom. The molecule has 2 aromatic carbocycles. The molecule has 0 aromatic heterocycles. The van der Waals surface area contributed by atoms with Crippen molar-refractivity contribution in [3.63, 3.8) is 0 Å². The van der Waals surface area contributed by atoms with E-state index in [-0.39, 0.29) is 34.6 Å². The van der Waals surface area contributed by atoms with Gasteiger partial charge < -0.3 is 0 Å². The van der Waals surface area contributed by atoms with Gasteiger partial charge in [-0.15, -0.1) is 0 Å². The van der Waals surface area contributed by atoms with Gasteiger partial charge in [0, 0.05) is 15.7 Å². The van der Waals surface area contributed by atoms with Crippen molar-refractivity contribution in [3.8, 4) is 0 Å². The van der Waals surface area contributed by atoms with E-state index in [2.05, 4.69) is 67.2 Å². The molecule has 0 nitrogen and oxygen atoms in total. The summed E-state index contributed by atoms with van der Waals surface area (Å²) in [5, 5.41) is 3.77. The number of hydrogen-bond acceptors (Lipinski definition) is 1. The Labute approximate surface area is 230 Å². The molecule has 7 atom stereocenters. The summed E-state index contributed by atoms with van der Waals surface area (Å²) in [5.41, 5.74) is 1.20. The fraction of sp³-hybridized carbons (Fsp3) is 0.625. The van der Waals surface area contributed by atoms with Crippen molar-refractivity contribution in [2.75, 3.05) is 0 Å². The van der Waals surface area contributed by atoms with Crippen LogP contribution in [0.3, 0.4) is 0 Å². The highest BCUT2D eigenvalue weighted by Gasteiger charge is 2.67. The van der Waals surface area contributed by atoms with Crippen LogP contribution in [0.2, 0.25) is 0 Å². The predicted octanol–water partition coefficient (Wildman–Crippen LogP) is 9.15. The monoisotopic (exact) mass is 560 g/mol. The summed E-state index contributed by atoms with van der Waals surface area (Å²) in [6, 6.07) is 14.5. The maximum absolute atomic E-state index is 14.0. The quantitative estimate of drug-likeness (QED) is 0.329. The minimum absolute atomic E-state index is 0.183.